The van der Waals surface area contributed by atoms with E-state index in [2.05, 4.69) is 22.5 Å². The number of hydrogen-bond donors (Lipinski definition) is 2. The fraction of sp³-hybridized carbons (Fsp3) is 0.385. The molecule has 0 saturated heterocycles. The molecule has 8 nitrogen and oxygen atoms in total. The van der Waals surface area contributed by atoms with Crippen LogP contribution in [0.15, 0.2) is 60.7 Å². The normalized spacial score (nSPS) is 11.7. The molecule has 34 heavy (non-hydrogen) atoms. The lowest BCUT2D eigenvalue weighted by Crippen LogP contribution is -2.43. The van der Waals surface area contributed by atoms with Gasteiger partial charge in [0.2, 0.25) is 12.3 Å². The lowest BCUT2D eigenvalue weighted by molar-refractivity contribution is -0.172. The van der Waals surface area contributed by atoms with Crippen molar-refractivity contribution in [2.75, 3.05) is 19.8 Å². The topological polar surface area (TPSA) is 101 Å². The number of amides is 3. The van der Waals surface area contributed by atoms with E-state index in [0.29, 0.717) is 18.5 Å². The Hall–Kier alpha value is -3.52. The van der Waals surface area contributed by atoms with Crippen molar-refractivity contribution >= 4 is 18.2 Å². The van der Waals surface area contributed by atoms with E-state index in [-0.39, 0.29) is 40.2 Å². The maximum Gasteiger partial charge on any atom is 0.271 e. The molecule has 186 valence electrons. The fourth-order valence-corrected chi connectivity index (χ4v) is 3.30. The van der Waals surface area contributed by atoms with Gasteiger partial charge >= 0.3 is 0 Å². The zero-order valence-electron chi connectivity index (χ0n) is 19.9. The first-order valence-electron chi connectivity index (χ1n) is 11.6. The van der Waals surface area contributed by atoms with Gasteiger partial charge in [-0.05, 0) is 25.5 Å². The number of aromatic nitrogens is 1. The summed E-state index contributed by atoms with van der Waals surface area (Å²) in [6.07, 6.45) is 7.67. The molecular formula is C26H38N4O4. The van der Waals surface area contributed by atoms with E-state index in [4.69, 9.17) is 4.84 Å². The number of hydrogen-bond acceptors (Lipinski definition) is 5. The number of pyridine rings is 1. The number of carbonyl (C=O) groups is 3. The number of nitrogens with zero attached hydrogens (tertiary/aromatic N) is 2. The average molecular weight is 471 g/mol. The van der Waals surface area contributed by atoms with E-state index >= 15 is 0 Å². The highest BCUT2D eigenvalue weighted by atomic mass is 16.7. The van der Waals surface area contributed by atoms with Crippen LogP contribution < -0.4 is 10.6 Å². The van der Waals surface area contributed by atoms with Crippen LogP contribution in [-0.2, 0) is 14.4 Å². The minimum Gasteiger partial charge on any atom is -0.338 e. The van der Waals surface area contributed by atoms with Crippen LogP contribution in [0.2, 0.25) is 0 Å². The maximum atomic E-state index is 12.8. The summed E-state index contributed by atoms with van der Waals surface area (Å²) < 4.78 is 0. The van der Waals surface area contributed by atoms with Gasteiger partial charge in [-0.3, -0.25) is 19.2 Å². The Balaban J connectivity index is 0.00000612. The second kappa shape index (κ2) is 15.3. The highest BCUT2D eigenvalue weighted by Crippen LogP contribution is 2.16. The molecule has 0 unspecified atom stereocenters. The van der Waals surface area contributed by atoms with Gasteiger partial charge in [-0.15, -0.1) is 0 Å². The van der Waals surface area contributed by atoms with Gasteiger partial charge in [0.1, 0.15) is 5.69 Å². The van der Waals surface area contributed by atoms with E-state index < -0.39 is 5.92 Å². The van der Waals surface area contributed by atoms with Crippen LogP contribution in [0, 0.1) is 5.92 Å². The smallest absolute Gasteiger partial charge is 0.271 e. The van der Waals surface area contributed by atoms with Crippen molar-refractivity contribution in [3.63, 3.8) is 0 Å². The average Bonchev–Trinajstić information content (AvgIpc) is 2.87. The summed E-state index contributed by atoms with van der Waals surface area (Å²) in [4.78, 5) is 46.5. The van der Waals surface area contributed by atoms with Gasteiger partial charge in [-0.1, -0.05) is 74.7 Å². The molecule has 1 aromatic carbocycles. The standard InChI is InChI=1S/C26H34N4O4.2H2/c1-3-5-8-14-22(18-30(20-31)34-17-6-4-2)25(32)27-19-28-26(33)24-16-11-15-23(29-24)21-12-9-7-10-13-21;;/h4,6-7,9-13,15-16,20,22H,3,5,8,14,17-19H2,1-2H3,(H,27,32)(H,28,33);2*1H/b6-4+;;/t22-;;/m1../s1. The molecule has 0 bridgehead atoms. The first-order valence-corrected chi connectivity index (χ1v) is 11.6. The third kappa shape index (κ3) is 9.15. The molecule has 0 aliphatic rings. The molecule has 0 radical (unpaired) electrons. The Bertz CT molecular complexity index is 945. The summed E-state index contributed by atoms with van der Waals surface area (Å²) in [6.45, 7) is 4.30. The molecule has 2 aromatic rings. The number of unbranched alkanes of at least 4 members (excludes halogenated alkanes) is 2. The molecule has 2 rings (SSSR count). The van der Waals surface area contributed by atoms with E-state index in [0.717, 1.165) is 29.9 Å². The van der Waals surface area contributed by atoms with Crippen LogP contribution in [0.3, 0.4) is 0 Å². The maximum absolute atomic E-state index is 12.8. The first-order chi connectivity index (χ1) is 16.6. The lowest BCUT2D eigenvalue weighted by atomic mass is 10.0. The Morgan fingerprint density at radius 3 is 2.62 bits per heavy atom. The SMILES string of the molecule is C/C=C/CON(C=O)C[C@@H](CCCCC)C(=O)NCNC(=O)c1cccc(-c2ccccc2)n1.[HH].[HH]. The number of benzene rings is 1. The fourth-order valence-electron chi connectivity index (χ4n) is 3.30. The van der Waals surface area contributed by atoms with Crippen molar-refractivity contribution in [3.05, 3.63) is 66.4 Å². The molecule has 0 fully saturated rings. The predicted octanol–water partition coefficient (Wildman–Crippen LogP) is 4.21. The van der Waals surface area contributed by atoms with E-state index in [1.807, 2.05) is 49.4 Å². The Morgan fingerprint density at radius 1 is 1.12 bits per heavy atom. The molecule has 1 heterocycles. The summed E-state index contributed by atoms with van der Waals surface area (Å²) in [5.74, 6) is -1.08. The summed E-state index contributed by atoms with van der Waals surface area (Å²) in [5.41, 5.74) is 1.87. The third-order valence-corrected chi connectivity index (χ3v) is 5.18. The summed E-state index contributed by atoms with van der Waals surface area (Å²) in [7, 11) is 0. The van der Waals surface area contributed by atoms with Crippen LogP contribution in [0.25, 0.3) is 11.3 Å². The van der Waals surface area contributed by atoms with Gasteiger partial charge in [-0.2, -0.15) is 0 Å². The van der Waals surface area contributed by atoms with Crippen molar-refractivity contribution in [1.29, 1.82) is 0 Å². The lowest BCUT2D eigenvalue weighted by Gasteiger charge is -2.23. The second-order valence-electron chi connectivity index (χ2n) is 7.76. The predicted molar refractivity (Wildman–Crippen MR) is 136 cm³/mol. The molecule has 1 aromatic heterocycles. The zero-order valence-corrected chi connectivity index (χ0v) is 19.9. The quantitative estimate of drug-likeness (QED) is 0.134. The number of carbonyl (C=O) groups excluding carboxylic acids is 3. The van der Waals surface area contributed by atoms with Crippen LogP contribution >= 0.6 is 0 Å². The number of hydroxylamine groups is 2. The minimum absolute atomic E-state index is 0. The van der Waals surface area contributed by atoms with E-state index in [1.165, 1.54) is 0 Å². The molecule has 8 heteroatoms. The van der Waals surface area contributed by atoms with E-state index in [9.17, 15) is 14.4 Å². The number of nitrogens with one attached hydrogen (secondary N) is 2. The van der Waals surface area contributed by atoms with Gasteiger partial charge in [0.15, 0.2) is 0 Å². The van der Waals surface area contributed by atoms with Crippen molar-refractivity contribution in [1.82, 2.24) is 20.7 Å². The summed E-state index contributed by atoms with van der Waals surface area (Å²) in [5, 5.41) is 6.57. The van der Waals surface area contributed by atoms with Crippen LogP contribution in [0.1, 0.15) is 52.9 Å². The molecule has 0 spiro atoms. The highest BCUT2D eigenvalue weighted by molar-refractivity contribution is 5.93. The van der Waals surface area contributed by atoms with Crippen molar-refractivity contribution in [3.8, 4) is 11.3 Å². The first kappa shape index (κ1) is 26.7. The van der Waals surface area contributed by atoms with Gasteiger partial charge < -0.3 is 10.6 Å². The minimum atomic E-state index is -0.446. The van der Waals surface area contributed by atoms with Gasteiger partial charge in [0, 0.05) is 8.42 Å². The van der Waals surface area contributed by atoms with Crippen LogP contribution in [0.5, 0.6) is 0 Å². The van der Waals surface area contributed by atoms with Crippen molar-refractivity contribution < 1.29 is 22.1 Å². The van der Waals surface area contributed by atoms with Gasteiger partial charge in [-0.25, -0.2) is 10.0 Å². The zero-order chi connectivity index (χ0) is 24.6. The molecule has 2 N–H and O–H groups in total. The Labute approximate surface area is 204 Å². The second-order valence-corrected chi connectivity index (χ2v) is 7.76. The largest absolute Gasteiger partial charge is 0.338 e. The van der Waals surface area contributed by atoms with E-state index in [1.54, 1.807) is 18.2 Å². The van der Waals surface area contributed by atoms with Crippen molar-refractivity contribution in [2.24, 2.45) is 5.92 Å². The summed E-state index contributed by atoms with van der Waals surface area (Å²) >= 11 is 0. The number of allylic oxidation sites excluding steroid dienone is 1. The van der Waals surface area contributed by atoms with Gasteiger partial charge in [0.05, 0.1) is 31.4 Å². The molecular weight excluding hydrogens is 432 g/mol. The monoisotopic (exact) mass is 470 g/mol. The molecule has 0 saturated carbocycles. The van der Waals surface area contributed by atoms with Crippen LogP contribution in [0.4, 0.5) is 0 Å². The van der Waals surface area contributed by atoms with Crippen LogP contribution in [-0.4, -0.2) is 48.1 Å². The highest BCUT2D eigenvalue weighted by Gasteiger charge is 2.21. The molecule has 1 atom stereocenters. The summed E-state index contributed by atoms with van der Waals surface area (Å²) in [6, 6.07) is 14.8. The van der Waals surface area contributed by atoms with Gasteiger partial charge in [0.25, 0.3) is 5.91 Å². The molecule has 3 amide bonds. The van der Waals surface area contributed by atoms with Crippen molar-refractivity contribution in [2.45, 2.75) is 39.5 Å². The molecule has 0 aliphatic carbocycles. The number of rotatable bonds is 15. The third-order valence-electron chi connectivity index (χ3n) is 5.18. The Kier molecular flexibility index (Phi) is 12.1. The Morgan fingerprint density at radius 2 is 1.91 bits per heavy atom. The molecule has 0 aliphatic heterocycles.